The number of nitrogens with zero attached hydrogens (tertiary/aromatic N) is 1. The van der Waals surface area contributed by atoms with Crippen LogP contribution < -0.4 is 5.32 Å². The number of hydrogen-bond acceptors (Lipinski definition) is 2. The second-order valence-corrected chi connectivity index (χ2v) is 4.75. The zero-order chi connectivity index (χ0) is 10.7. The molecule has 0 bridgehead atoms. The second-order valence-electron chi connectivity index (χ2n) is 3.89. The third-order valence-corrected chi connectivity index (χ3v) is 3.58. The Labute approximate surface area is 98.4 Å². The summed E-state index contributed by atoms with van der Waals surface area (Å²) in [5.41, 5.74) is 2.01. The second kappa shape index (κ2) is 4.78. The molecule has 78 valence electrons. The van der Waals surface area contributed by atoms with Gasteiger partial charge in [-0.25, -0.2) is 0 Å². The van der Waals surface area contributed by atoms with Crippen molar-refractivity contribution in [2.75, 3.05) is 13.1 Å². The Balaban J connectivity index is 2.29. The lowest BCUT2D eigenvalue weighted by molar-refractivity contribution is 0.460. The molecule has 2 rings (SSSR count). The Hall–Kier alpha value is -0.850. The monoisotopic (exact) mass is 264 g/mol. The summed E-state index contributed by atoms with van der Waals surface area (Å²) in [5.74, 6) is 0.543. The van der Waals surface area contributed by atoms with Crippen LogP contribution in [0.15, 0.2) is 22.7 Å². The maximum atomic E-state index is 8.87. The van der Waals surface area contributed by atoms with E-state index in [1.54, 1.807) is 0 Å². The van der Waals surface area contributed by atoms with Gasteiger partial charge in [-0.15, -0.1) is 0 Å². The van der Waals surface area contributed by atoms with Crippen molar-refractivity contribution in [1.82, 2.24) is 5.32 Å². The van der Waals surface area contributed by atoms with Crippen molar-refractivity contribution in [1.29, 1.82) is 5.26 Å². The molecule has 3 heteroatoms. The molecule has 1 atom stereocenters. The van der Waals surface area contributed by atoms with E-state index >= 15 is 0 Å². The van der Waals surface area contributed by atoms with E-state index < -0.39 is 0 Å². The van der Waals surface area contributed by atoms with E-state index in [4.69, 9.17) is 5.26 Å². The minimum absolute atomic E-state index is 0.543. The Kier molecular flexibility index (Phi) is 3.40. The molecule has 0 amide bonds. The number of rotatable bonds is 1. The van der Waals surface area contributed by atoms with Crippen LogP contribution >= 0.6 is 15.9 Å². The highest BCUT2D eigenvalue weighted by Crippen LogP contribution is 2.30. The van der Waals surface area contributed by atoms with Gasteiger partial charge >= 0.3 is 0 Å². The molecule has 0 radical (unpaired) electrons. The summed E-state index contributed by atoms with van der Waals surface area (Å²) in [7, 11) is 0. The van der Waals surface area contributed by atoms with Crippen molar-refractivity contribution in [3.8, 4) is 6.07 Å². The van der Waals surface area contributed by atoms with Gasteiger partial charge in [0.15, 0.2) is 0 Å². The van der Waals surface area contributed by atoms with E-state index in [2.05, 4.69) is 27.3 Å². The molecule has 1 aliphatic heterocycles. The molecule has 0 aromatic heterocycles. The van der Waals surface area contributed by atoms with Crippen LogP contribution in [0.2, 0.25) is 0 Å². The molecule has 1 saturated heterocycles. The van der Waals surface area contributed by atoms with Gasteiger partial charge < -0.3 is 5.32 Å². The first-order chi connectivity index (χ1) is 7.31. The minimum atomic E-state index is 0.543. The summed E-state index contributed by atoms with van der Waals surface area (Å²) in [6.07, 6.45) is 2.42. The van der Waals surface area contributed by atoms with Gasteiger partial charge in [0.05, 0.1) is 11.6 Å². The molecule has 1 fully saturated rings. The zero-order valence-corrected chi connectivity index (χ0v) is 10.0. The molecule has 1 unspecified atom stereocenters. The van der Waals surface area contributed by atoms with Crippen molar-refractivity contribution >= 4 is 15.9 Å². The highest BCUT2D eigenvalue weighted by atomic mass is 79.9. The van der Waals surface area contributed by atoms with E-state index in [9.17, 15) is 0 Å². The van der Waals surface area contributed by atoms with Crippen molar-refractivity contribution in [2.45, 2.75) is 18.8 Å². The van der Waals surface area contributed by atoms with Gasteiger partial charge in [-0.3, -0.25) is 0 Å². The van der Waals surface area contributed by atoms with Crippen molar-refractivity contribution in [2.24, 2.45) is 0 Å². The Bertz CT molecular complexity index is 389. The number of piperidine rings is 1. The fourth-order valence-corrected chi connectivity index (χ4v) is 2.61. The average molecular weight is 265 g/mol. The van der Waals surface area contributed by atoms with Gasteiger partial charge in [0.2, 0.25) is 0 Å². The molecule has 0 spiro atoms. The van der Waals surface area contributed by atoms with Gasteiger partial charge in [0.1, 0.15) is 0 Å². The first-order valence-corrected chi connectivity index (χ1v) is 6.01. The van der Waals surface area contributed by atoms with E-state index in [0.29, 0.717) is 5.92 Å². The SMILES string of the molecule is N#Cc1ccc(Br)c(C2CCCNC2)c1. The number of nitrogens with one attached hydrogen (secondary N) is 1. The fraction of sp³-hybridized carbons (Fsp3) is 0.417. The first-order valence-electron chi connectivity index (χ1n) is 5.21. The fourth-order valence-electron chi connectivity index (χ4n) is 2.04. The molecule has 15 heavy (non-hydrogen) atoms. The average Bonchev–Trinajstić information content (AvgIpc) is 2.31. The van der Waals surface area contributed by atoms with Gasteiger partial charge in [0.25, 0.3) is 0 Å². The number of hydrogen-bond donors (Lipinski definition) is 1. The van der Waals surface area contributed by atoms with E-state index in [1.807, 2.05) is 18.2 Å². The molecule has 1 aliphatic rings. The Morgan fingerprint density at radius 3 is 3.00 bits per heavy atom. The Morgan fingerprint density at radius 1 is 1.47 bits per heavy atom. The van der Waals surface area contributed by atoms with Crippen LogP contribution in [0.4, 0.5) is 0 Å². The van der Waals surface area contributed by atoms with Gasteiger partial charge in [-0.05, 0) is 49.1 Å². The van der Waals surface area contributed by atoms with Gasteiger partial charge in [-0.1, -0.05) is 15.9 Å². The summed E-state index contributed by atoms with van der Waals surface area (Å²) < 4.78 is 1.12. The number of nitriles is 1. The summed E-state index contributed by atoms with van der Waals surface area (Å²) in [4.78, 5) is 0. The van der Waals surface area contributed by atoms with E-state index in [0.717, 1.165) is 23.1 Å². The quantitative estimate of drug-likeness (QED) is 0.847. The van der Waals surface area contributed by atoms with Crippen LogP contribution in [0, 0.1) is 11.3 Å². The topological polar surface area (TPSA) is 35.8 Å². The third kappa shape index (κ3) is 2.39. The predicted octanol–water partition coefficient (Wildman–Crippen LogP) is 2.79. The lowest BCUT2D eigenvalue weighted by atomic mass is 9.91. The van der Waals surface area contributed by atoms with Crippen LogP contribution in [0.5, 0.6) is 0 Å². The molecule has 0 aliphatic carbocycles. The molecule has 1 heterocycles. The lowest BCUT2D eigenvalue weighted by Gasteiger charge is -2.24. The van der Waals surface area contributed by atoms with Gasteiger partial charge in [-0.2, -0.15) is 5.26 Å². The largest absolute Gasteiger partial charge is 0.316 e. The first kappa shape index (κ1) is 10.7. The van der Waals surface area contributed by atoms with Crippen LogP contribution in [-0.4, -0.2) is 13.1 Å². The summed E-state index contributed by atoms with van der Waals surface area (Å²) in [6.45, 7) is 2.14. The predicted molar refractivity (Wildman–Crippen MR) is 63.7 cm³/mol. The van der Waals surface area contributed by atoms with Crippen molar-refractivity contribution in [3.63, 3.8) is 0 Å². The van der Waals surface area contributed by atoms with Crippen LogP contribution in [0.3, 0.4) is 0 Å². The normalized spacial score (nSPS) is 20.9. The molecule has 2 nitrogen and oxygen atoms in total. The molecule has 1 aromatic rings. The smallest absolute Gasteiger partial charge is 0.0991 e. The maximum Gasteiger partial charge on any atom is 0.0991 e. The van der Waals surface area contributed by atoms with Crippen LogP contribution in [0.1, 0.15) is 29.9 Å². The highest BCUT2D eigenvalue weighted by molar-refractivity contribution is 9.10. The van der Waals surface area contributed by atoms with Gasteiger partial charge in [0, 0.05) is 11.0 Å². The minimum Gasteiger partial charge on any atom is -0.316 e. The maximum absolute atomic E-state index is 8.87. The molecule has 1 N–H and O–H groups in total. The lowest BCUT2D eigenvalue weighted by Crippen LogP contribution is -2.28. The number of halogens is 1. The summed E-state index contributed by atoms with van der Waals surface area (Å²) in [5, 5.41) is 12.3. The zero-order valence-electron chi connectivity index (χ0n) is 8.46. The van der Waals surface area contributed by atoms with Crippen molar-refractivity contribution in [3.05, 3.63) is 33.8 Å². The van der Waals surface area contributed by atoms with Crippen molar-refractivity contribution < 1.29 is 0 Å². The van der Waals surface area contributed by atoms with E-state index in [1.165, 1.54) is 18.4 Å². The van der Waals surface area contributed by atoms with E-state index in [-0.39, 0.29) is 0 Å². The molecular weight excluding hydrogens is 252 g/mol. The molecule has 1 aromatic carbocycles. The molecular formula is C12H13BrN2. The summed E-state index contributed by atoms with van der Waals surface area (Å²) in [6, 6.07) is 8.02. The standard InChI is InChI=1S/C12H13BrN2/c13-12-4-3-9(7-14)6-11(12)10-2-1-5-15-8-10/h3-4,6,10,15H,1-2,5,8H2. The molecule has 0 saturated carbocycles. The van der Waals surface area contributed by atoms with Crippen LogP contribution in [-0.2, 0) is 0 Å². The van der Waals surface area contributed by atoms with Crippen LogP contribution in [0.25, 0.3) is 0 Å². The Morgan fingerprint density at radius 2 is 2.33 bits per heavy atom. The third-order valence-electron chi connectivity index (χ3n) is 2.86. The summed E-state index contributed by atoms with van der Waals surface area (Å²) >= 11 is 3.56. The number of benzene rings is 1. The highest BCUT2D eigenvalue weighted by Gasteiger charge is 2.17.